The van der Waals surface area contributed by atoms with Crippen LogP contribution in [0.5, 0.6) is 23.0 Å². The van der Waals surface area contributed by atoms with Crippen molar-refractivity contribution in [2.75, 3.05) is 34.5 Å². The molecule has 0 atom stereocenters. The average molecular weight is 444 g/mol. The predicted octanol–water partition coefficient (Wildman–Crippen LogP) is 2.41. The number of amides is 1. The third kappa shape index (κ3) is 3.93. The van der Waals surface area contributed by atoms with Gasteiger partial charge in [0.2, 0.25) is 0 Å². The van der Waals surface area contributed by atoms with E-state index in [2.05, 4.69) is 4.99 Å². The number of esters is 1. The first kappa shape index (κ1) is 20.7. The smallest absolute Gasteiger partial charge is 0.325 e. The zero-order chi connectivity index (χ0) is 22.0. The standard InChI is InChI=1S/C21H20N2O7S/c1-26-14-6-4-5-12(19(14)28-3)20(25)22-21-23(11-18(24)27-2)13-9-15-16(10-17(13)31-21)30-8-7-29-15/h4-6,9-10H,7-8,11H2,1-3H3. The van der Waals surface area contributed by atoms with Crippen molar-refractivity contribution >= 4 is 33.4 Å². The highest BCUT2D eigenvalue weighted by molar-refractivity contribution is 7.16. The van der Waals surface area contributed by atoms with E-state index >= 15 is 0 Å². The van der Waals surface area contributed by atoms with E-state index in [1.165, 1.54) is 32.7 Å². The van der Waals surface area contributed by atoms with Crippen LogP contribution < -0.4 is 23.7 Å². The highest BCUT2D eigenvalue weighted by Gasteiger charge is 2.20. The van der Waals surface area contributed by atoms with Crippen LogP contribution >= 0.6 is 11.3 Å². The van der Waals surface area contributed by atoms with Crippen molar-refractivity contribution in [2.24, 2.45) is 4.99 Å². The molecule has 1 amide bonds. The number of hydrogen-bond donors (Lipinski definition) is 0. The Bertz CT molecular complexity index is 1230. The quantitative estimate of drug-likeness (QED) is 0.558. The van der Waals surface area contributed by atoms with Crippen LogP contribution in [-0.4, -0.2) is 51.0 Å². The van der Waals surface area contributed by atoms with Crippen molar-refractivity contribution in [3.63, 3.8) is 0 Å². The summed E-state index contributed by atoms with van der Waals surface area (Å²) >= 11 is 1.26. The number of thiazole rings is 1. The fraction of sp³-hybridized carbons (Fsp3) is 0.286. The minimum absolute atomic E-state index is 0.114. The molecule has 3 aromatic rings. The second-order valence-electron chi connectivity index (χ2n) is 6.47. The maximum Gasteiger partial charge on any atom is 0.325 e. The van der Waals surface area contributed by atoms with Gasteiger partial charge >= 0.3 is 5.97 Å². The Morgan fingerprint density at radius 1 is 1.10 bits per heavy atom. The summed E-state index contributed by atoms with van der Waals surface area (Å²) in [5.74, 6) is 0.890. The van der Waals surface area contributed by atoms with Crippen LogP contribution in [0.15, 0.2) is 35.3 Å². The number of ether oxygens (including phenoxy) is 5. The summed E-state index contributed by atoms with van der Waals surface area (Å²) < 4.78 is 29.1. The van der Waals surface area contributed by atoms with Gasteiger partial charge in [0, 0.05) is 12.1 Å². The summed E-state index contributed by atoms with van der Waals surface area (Å²) in [5, 5.41) is 0. The number of carbonyl (C=O) groups is 2. The summed E-state index contributed by atoms with van der Waals surface area (Å²) in [7, 11) is 4.25. The molecule has 0 saturated heterocycles. The van der Waals surface area contributed by atoms with Gasteiger partial charge in [-0.1, -0.05) is 17.4 Å². The van der Waals surface area contributed by atoms with Gasteiger partial charge < -0.3 is 28.3 Å². The highest BCUT2D eigenvalue weighted by atomic mass is 32.1. The first-order valence-corrected chi connectivity index (χ1v) is 10.2. The molecule has 0 N–H and O–H groups in total. The lowest BCUT2D eigenvalue weighted by molar-refractivity contribution is -0.141. The van der Waals surface area contributed by atoms with Crippen molar-refractivity contribution < 1.29 is 33.3 Å². The van der Waals surface area contributed by atoms with Crippen molar-refractivity contribution in [1.82, 2.24) is 4.57 Å². The minimum atomic E-state index is -0.529. The molecule has 0 saturated carbocycles. The van der Waals surface area contributed by atoms with E-state index in [0.717, 1.165) is 4.70 Å². The molecule has 1 aliphatic rings. The normalized spacial score (nSPS) is 13.2. The van der Waals surface area contributed by atoms with E-state index < -0.39 is 11.9 Å². The van der Waals surface area contributed by atoms with Crippen LogP contribution in [0.25, 0.3) is 10.2 Å². The first-order valence-electron chi connectivity index (χ1n) is 9.35. The number of rotatable bonds is 5. The Hall–Kier alpha value is -3.53. The molecule has 0 radical (unpaired) electrons. The van der Waals surface area contributed by atoms with E-state index in [9.17, 15) is 9.59 Å². The maximum absolute atomic E-state index is 13.0. The van der Waals surface area contributed by atoms with Crippen molar-refractivity contribution in [3.05, 3.63) is 40.7 Å². The second-order valence-corrected chi connectivity index (χ2v) is 7.48. The molecule has 0 fully saturated rings. The molecule has 2 aromatic carbocycles. The first-order chi connectivity index (χ1) is 15.0. The molecule has 1 aliphatic heterocycles. The molecular weight excluding hydrogens is 424 g/mol. The molecular formula is C21H20N2O7S. The number of methoxy groups -OCH3 is 3. The summed E-state index contributed by atoms with van der Waals surface area (Å²) in [4.78, 5) is 29.7. The van der Waals surface area contributed by atoms with Crippen molar-refractivity contribution in [3.8, 4) is 23.0 Å². The summed E-state index contributed by atoms with van der Waals surface area (Å²) in [6.45, 7) is 0.778. The Kier molecular flexibility index (Phi) is 5.81. The number of fused-ring (bicyclic) bond motifs is 2. The molecule has 31 heavy (non-hydrogen) atoms. The Morgan fingerprint density at radius 2 is 1.84 bits per heavy atom. The van der Waals surface area contributed by atoms with Crippen LogP contribution in [0.1, 0.15) is 10.4 Å². The number of aromatic nitrogens is 1. The average Bonchev–Trinajstić information content (AvgIpc) is 3.12. The summed E-state index contributed by atoms with van der Waals surface area (Å²) in [5.41, 5.74) is 0.929. The van der Waals surface area contributed by atoms with E-state index in [-0.39, 0.29) is 17.9 Å². The summed E-state index contributed by atoms with van der Waals surface area (Å²) in [6.07, 6.45) is 0. The number of para-hydroxylation sites is 1. The van der Waals surface area contributed by atoms with Gasteiger partial charge in [0.25, 0.3) is 5.91 Å². The molecule has 0 aliphatic carbocycles. The van der Waals surface area contributed by atoms with Gasteiger partial charge in [-0.25, -0.2) is 0 Å². The van der Waals surface area contributed by atoms with Crippen LogP contribution in [-0.2, 0) is 16.1 Å². The lowest BCUT2D eigenvalue weighted by atomic mass is 10.2. The fourth-order valence-electron chi connectivity index (χ4n) is 3.24. The van der Waals surface area contributed by atoms with E-state index in [0.29, 0.717) is 40.8 Å². The van der Waals surface area contributed by atoms with Gasteiger partial charge in [-0.15, -0.1) is 0 Å². The lowest BCUT2D eigenvalue weighted by Crippen LogP contribution is -2.22. The summed E-state index contributed by atoms with van der Waals surface area (Å²) in [6, 6.07) is 8.57. The molecule has 2 heterocycles. The monoisotopic (exact) mass is 444 g/mol. The minimum Gasteiger partial charge on any atom is -0.493 e. The van der Waals surface area contributed by atoms with Crippen molar-refractivity contribution in [1.29, 1.82) is 0 Å². The Balaban J connectivity index is 1.88. The number of hydrogen-bond acceptors (Lipinski definition) is 8. The Labute approximate surface area is 181 Å². The molecule has 1 aromatic heterocycles. The highest BCUT2D eigenvalue weighted by Crippen LogP contribution is 2.36. The van der Waals surface area contributed by atoms with Gasteiger partial charge in [0.05, 0.1) is 37.1 Å². The van der Waals surface area contributed by atoms with Crippen LogP contribution in [0, 0.1) is 0 Å². The lowest BCUT2D eigenvalue weighted by Gasteiger charge is -2.18. The second kappa shape index (κ2) is 8.68. The molecule has 9 nitrogen and oxygen atoms in total. The van der Waals surface area contributed by atoms with E-state index in [1.54, 1.807) is 28.8 Å². The predicted molar refractivity (Wildman–Crippen MR) is 112 cm³/mol. The van der Waals surface area contributed by atoms with Crippen LogP contribution in [0.4, 0.5) is 0 Å². The Morgan fingerprint density at radius 3 is 2.52 bits per heavy atom. The molecule has 162 valence electrons. The molecule has 0 spiro atoms. The van der Waals surface area contributed by atoms with Gasteiger partial charge in [-0.3, -0.25) is 9.59 Å². The third-order valence-corrected chi connectivity index (χ3v) is 5.73. The van der Waals surface area contributed by atoms with Gasteiger partial charge in [-0.05, 0) is 12.1 Å². The van der Waals surface area contributed by atoms with E-state index in [4.69, 9.17) is 23.7 Å². The number of nitrogens with zero attached hydrogens (tertiary/aromatic N) is 2. The zero-order valence-electron chi connectivity index (χ0n) is 17.2. The molecule has 10 heteroatoms. The van der Waals surface area contributed by atoms with Gasteiger partial charge in [0.15, 0.2) is 27.8 Å². The molecule has 0 bridgehead atoms. The SMILES string of the molecule is COC(=O)Cn1c(=NC(=O)c2cccc(OC)c2OC)sc2cc3c(cc21)OCCO3. The number of benzene rings is 2. The van der Waals surface area contributed by atoms with Gasteiger partial charge in [0.1, 0.15) is 19.8 Å². The third-order valence-electron chi connectivity index (χ3n) is 4.69. The van der Waals surface area contributed by atoms with E-state index in [1.807, 2.05) is 6.07 Å². The van der Waals surface area contributed by atoms with Crippen LogP contribution in [0.3, 0.4) is 0 Å². The maximum atomic E-state index is 13.0. The zero-order valence-corrected chi connectivity index (χ0v) is 18.0. The largest absolute Gasteiger partial charge is 0.493 e. The fourth-order valence-corrected chi connectivity index (χ4v) is 4.28. The van der Waals surface area contributed by atoms with Crippen molar-refractivity contribution in [2.45, 2.75) is 6.54 Å². The topological polar surface area (TPSA) is 97.6 Å². The number of carbonyl (C=O) groups excluding carboxylic acids is 2. The molecule has 0 unspecified atom stereocenters. The molecule has 4 rings (SSSR count). The van der Waals surface area contributed by atoms with Gasteiger partial charge in [-0.2, -0.15) is 4.99 Å². The van der Waals surface area contributed by atoms with Crippen LogP contribution in [0.2, 0.25) is 0 Å².